The standard InChI is InChI=1S/C14H24N2O2S2/c1-10-6-7-13(15)12(3)14(10)20(17,18)16(4)11(2)8-9-19-5/h6-7,11H,8-9,15H2,1-5H3. The van der Waals surface area contributed by atoms with Gasteiger partial charge in [0.05, 0.1) is 4.90 Å². The van der Waals surface area contributed by atoms with Crippen LogP contribution >= 0.6 is 11.8 Å². The molecule has 1 aromatic carbocycles. The molecule has 1 aromatic rings. The Morgan fingerprint density at radius 1 is 1.35 bits per heavy atom. The van der Waals surface area contributed by atoms with E-state index in [-0.39, 0.29) is 6.04 Å². The summed E-state index contributed by atoms with van der Waals surface area (Å²) in [6, 6.07) is 3.48. The highest BCUT2D eigenvalue weighted by atomic mass is 32.2. The fourth-order valence-corrected chi connectivity index (χ4v) is 4.51. The lowest BCUT2D eigenvalue weighted by Gasteiger charge is -2.26. The van der Waals surface area contributed by atoms with Gasteiger partial charge in [0.25, 0.3) is 0 Å². The molecule has 2 N–H and O–H groups in total. The van der Waals surface area contributed by atoms with Gasteiger partial charge in [-0.2, -0.15) is 16.1 Å². The SMILES string of the molecule is CSCCC(C)N(C)S(=O)(=O)c1c(C)ccc(N)c1C. The van der Waals surface area contributed by atoms with E-state index in [2.05, 4.69) is 0 Å². The molecule has 0 amide bonds. The van der Waals surface area contributed by atoms with E-state index in [0.717, 1.165) is 17.7 Å². The highest BCUT2D eigenvalue weighted by Gasteiger charge is 2.28. The van der Waals surface area contributed by atoms with Crippen LogP contribution in [0.3, 0.4) is 0 Å². The summed E-state index contributed by atoms with van der Waals surface area (Å²) in [6.45, 7) is 5.50. The van der Waals surface area contributed by atoms with Gasteiger partial charge >= 0.3 is 0 Å². The quantitative estimate of drug-likeness (QED) is 0.820. The molecule has 20 heavy (non-hydrogen) atoms. The molecular formula is C14H24N2O2S2. The van der Waals surface area contributed by atoms with Crippen molar-refractivity contribution in [3.8, 4) is 0 Å². The van der Waals surface area contributed by atoms with Gasteiger partial charge in [-0.15, -0.1) is 0 Å². The van der Waals surface area contributed by atoms with Crippen molar-refractivity contribution >= 4 is 27.5 Å². The Morgan fingerprint density at radius 2 is 1.95 bits per heavy atom. The van der Waals surface area contributed by atoms with Crippen LogP contribution in [0.2, 0.25) is 0 Å². The van der Waals surface area contributed by atoms with Crippen LogP contribution < -0.4 is 5.73 Å². The molecule has 0 aliphatic carbocycles. The molecular weight excluding hydrogens is 292 g/mol. The Kier molecular flexibility index (Phi) is 5.91. The second-order valence-corrected chi connectivity index (χ2v) is 8.00. The van der Waals surface area contributed by atoms with Crippen LogP contribution in [0.25, 0.3) is 0 Å². The average Bonchev–Trinajstić information content (AvgIpc) is 2.39. The van der Waals surface area contributed by atoms with Crippen molar-refractivity contribution in [1.29, 1.82) is 0 Å². The number of nitrogen functional groups attached to an aromatic ring is 1. The number of benzene rings is 1. The van der Waals surface area contributed by atoms with Crippen LogP contribution in [0.5, 0.6) is 0 Å². The lowest BCUT2D eigenvalue weighted by molar-refractivity contribution is 0.382. The van der Waals surface area contributed by atoms with Crippen LogP contribution in [0.1, 0.15) is 24.5 Å². The lowest BCUT2D eigenvalue weighted by Crippen LogP contribution is -2.36. The average molecular weight is 316 g/mol. The lowest BCUT2D eigenvalue weighted by atomic mass is 10.1. The van der Waals surface area contributed by atoms with Crippen LogP contribution in [-0.4, -0.2) is 37.8 Å². The van der Waals surface area contributed by atoms with Gasteiger partial charge in [0.2, 0.25) is 10.0 Å². The first-order valence-corrected chi connectivity index (χ1v) is 9.39. The number of aryl methyl sites for hydroxylation is 1. The third-order valence-electron chi connectivity index (χ3n) is 3.64. The summed E-state index contributed by atoms with van der Waals surface area (Å²) in [5, 5.41) is 0. The first-order valence-electron chi connectivity index (χ1n) is 6.56. The zero-order valence-electron chi connectivity index (χ0n) is 12.8. The van der Waals surface area contributed by atoms with Crippen molar-refractivity contribution in [2.75, 3.05) is 24.8 Å². The van der Waals surface area contributed by atoms with Gasteiger partial charge in [0.1, 0.15) is 0 Å². The molecule has 0 saturated heterocycles. The number of nitrogens with zero attached hydrogens (tertiary/aromatic N) is 1. The molecule has 0 saturated carbocycles. The zero-order valence-corrected chi connectivity index (χ0v) is 14.4. The summed E-state index contributed by atoms with van der Waals surface area (Å²) < 4.78 is 27.0. The van der Waals surface area contributed by atoms with Gasteiger partial charge in [-0.1, -0.05) is 6.07 Å². The van der Waals surface area contributed by atoms with E-state index in [1.54, 1.807) is 44.8 Å². The number of sulfonamides is 1. The van der Waals surface area contributed by atoms with E-state index in [4.69, 9.17) is 5.73 Å². The molecule has 1 atom stereocenters. The predicted molar refractivity (Wildman–Crippen MR) is 87.7 cm³/mol. The zero-order chi connectivity index (χ0) is 15.5. The fourth-order valence-electron chi connectivity index (χ4n) is 2.09. The molecule has 0 fully saturated rings. The van der Waals surface area contributed by atoms with Crippen LogP contribution in [0.4, 0.5) is 5.69 Å². The molecule has 6 heteroatoms. The maximum absolute atomic E-state index is 12.8. The molecule has 114 valence electrons. The Morgan fingerprint density at radius 3 is 2.50 bits per heavy atom. The molecule has 0 radical (unpaired) electrons. The fraction of sp³-hybridized carbons (Fsp3) is 0.571. The molecule has 0 aliphatic rings. The van der Waals surface area contributed by atoms with Gasteiger partial charge in [0.15, 0.2) is 0 Å². The largest absolute Gasteiger partial charge is 0.398 e. The molecule has 4 nitrogen and oxygen atoms in total. The normalized spacial score (nSPS) is 13.7. The molecule has 0 aromatic heterocycles. The Hall–Kier alpha value is -0.720. The molecule has 1 rings (SSSR count). The van der Waals surface area contributed by atoms with Crippen molar-refractivity contribution < 1.29 is 8.42 Å². The number of nitrogens with two attached hydrogens (primary N) is 1. The first-order chi connectivity index (χ1) is 9.23. The molecule has 0 aliphatic heterocycles. The van der Waals surface area contributed by atoms with E-state index in [1.165, 1.54) is 4.31 Å². The minimum atomic E-state index is -3.51. The maximum atomic E-state index is 12.8. The summed E-state index contributed by atoms with van der Waals surface area (Å²) in [6.07, 6.45) is 2.85. The van der Waals surface area contributed by atoms with Crippen molar-refractivity contribution in [3.63, 3.8) is 0 Å². The van der Waals surface area contributed by atoms with Crippen LogP contribution in [-0.2, 0) is 10.0 Å². The summed E-state index contributed by atoms with van der Waals surface area (Å²) in [7, 11) is -1.87. The summed E-state index contributed by atoms with van der Waals surface area (Å²) in [4.78, 5) is 0.344. The summed E-state index contributed by atoms with van der Waals surface area (Å²) in [5.41, 5.74) is 7.74. The monoisotopic (exact) mass is 316 g/mol. The first kappa shape index (κ1) is 17.3. The van der Waals surface area contributed by atoms with Gasteiger partial charge in [-0.3, -0.25) is 0 Å². The van der Waals surface area contributed by atoms with Crippen LogP contribution in [0.15, 0.2) is 17.0 Å². The maximum Gasteiger partial charge on any atom is 0.243 e. The number of thioether (sulfide) groups is 1. The smallest absolute Gasteiger partial charge is 0.243 e. The van der Waals surface area contributed by atoms with Gasteiger partial charge < -0.3 is 5.73 Å². The van der Waals surface area contributed by atoms with E-state index in [0.29, 0.717) is 16.1 Å². The number of hydrogen-bond donors (Lipinski definition) is 1. The predicted octanol–water partition coefficient (Wildman–Crippen LogP) is 2.65. The molecule has 0 heterocycles. The van der Waals surface area contributed by atoms with Gasteiger partial charge in [-0.25, -0.2) is 8.42 Å². The highest BCUT2D eigenvalue weighted by Crippen LogP contribution is 2.28. The number of hydrogen-bond acceptors (Lipinski definition) is 4. The summed E-state index contributed by atoms with van der Waals surface area (Å²) in [5.74, 6) is 0.940. The minimum Gasteiger partial charge on any atom is -0.398 e. The third kappa shape index (κ3) is 3.48. The van der Waals surface area contributed by atoms with Gasteiger partial charge in [-0.05, 0) is 56.4 Å². The Labute approximate surface area is 126 Å². The van der Waals surface area contributed by atoms with Crippen molar-refractivity contribution in [1.82, 2.24) is 4.31 Å². The van der Waals surface area contributed by atoms with Crippen LogP contribution in [0, 0.1) is 13.8 Å². The highest BCUT2D eigenvalue weighted by molar-refractivity contribution is 7.98. The third-order valence-corrected chi connectivity index (χ3v) is 6.55. The Bertz CT molecular complexity index is 571. The van der Waals surface area contributed by atoms with Gasteiger partial charge in [0, 0.05) is 18.8 Å². The minimum absolute atomic E-state index is 0.0346. The van der Waals surface area contributed by atoms with Crippen molar-refractivity contribution in [2.45, 2.75) is 38.1 Å². The van der Waals surface area contributed by atoms with E-state index < -0.39 is 10.0 Å². The molecule has 1 unspecified atom stereocenters. The van der Waals surface area contributed by atoms with E-state index in [9.17, 15) is 8.42 Å². The topological polar surface area (TPSA) is 63.4 Å². The number of rotatable bonds is 6. The molecule has 0 spiro atoms. The Balaban J connectivity index is 3.20. The van der Waals surface area contributed by atoms with E-state index >= 15 is 0 Å². The molecule has 0 bridgehead atoms. The van der Waals surface area contributed by atoms with Crippen molar-refractivity contribution in [2.24, 2.45) is 0 Å². The number of anilines is 1. The summed E-state index contributed by atoms with van der Waals surface area (Å²) >= 11 is 1.72. The van der Waals surface area contributed by atoms with E-state index in [1.807, 2.05) is 13.2 Å². The second-order valence-electron chi connectivity index (χ2n) is 5.08. The second kappa shape index (κ2) is 6.83. The van der Waals surface area contributed by atoms with Crippen molar-refractivity contribution in [3.05, 3.63) is 23.3 Å².